The van der Waals surface area contributed by atoms with Crippen molar-refractivity contribution in [1.29, 1.82) is 0 Å². The molecule has 2 aromatic heterocycles. The summed E-state index contributed by atoms with van der Waals surface area (Å²) in [6.45, 7) is 0.587. The van der Waals surface area contributed by atoms with Crippen LogP contribution in [-0.4, -0.2) is 21.7 Å². The van der Waals surface area contributed by atoms with Crippen LogP contribution in [0.1, 0.15) is 5.56 Å². The van der Waals surface area contributed by atoms with Crippen LogP contribution in [0.2, 0.25) is 0 Å². The monoisotopic (exact) mass is 272 g/mol. The van der Waals surface area contributed by atoms with E-state index in [1.165, 1.54) is 11.3 Å². The molecule has 3 rings (SSSR count). The molecule has 0 radical (unpaired) electrons. The smallest absolute Gasteiger partial charge is 0.258 e. The van der Waals surface area contributed by atoms with Crippen molar-refractivity contribution >= 4 is 11.3 Å². The molecule has 0 aliphatic heterocycles. The van der Waals surface area contributed by atoms with Crippen molar-refractivity contribution < 1.29 is 4.52 Å². The predicted octanol–water partition coefficient (Wildman–Crippen LogP) is 2.36. The summed E-state index contributed by atoms with van der Waals surface area (Å²) in [6.07, 6.45) is 0.782. The Balaban J connectivity index is 1.99. The Kier molecular flexibility index (Phi) is 3.35. The van der Waals surface area contributed by atoms with Crippen LogP contribution in [0.25, 0.3) is 23.0 Å². The number of rotatable bonds is 4. The highest BCUT2D eigenvalue weighted by molar-refractivity contribution is 7.07. The largest absolute Gasteiger partial charge is 0.334 e. The molecule has 3 aromatic rings. The number of hydrogen-bond donors (Lipinski definition) is 1. The average molecular weight is 272 g/mol. The first-order valence-electron chi connectivity index (χ1n) is 5.89. The predicted molar refractivity (Wildman–Crippen MR) is 73.6 cm³/mol. The molecule has 2 heterocycles. The van der Waals surface area contributed by atoms with Gasteiger partial charge < -0.3 is 10.3 Å². The molecular weight excluding hydrogens is 260 g/mol. The van der Waals surface area contributed by atoms with E-state index in [0.717, 1.165) is 23.2 Å². The second-order valence-corrected chi connectivity index (χ2v) is 4.71. The fourth-order valence-corrected chi connectivity index (χ4v) is 2.39. The number of nitrogens with zero attached hydrogens (tertiary/aromatic N) is 3. The second kappa shape index (κ2) is 5.29. The maximum Gasteiger partial charge on any atom is 0.258 e. The van der Waals surface area contributed by atoms with Gasteiger partial charge in [-0.2, -0.15) is 4.98 Å². The molecular formula is C13H12N4OS. The fraction of sp³-hybridized carbons (Fsp3) is 0.154. The van der Waals surface area contributed by atoms with Crippen LogP contribution in [0.3, 0.4) is 0 Å². The molecule has 0 unspecified atom stereocenters. The Bertz CT molecular complexity index is 663. The molecule has 0 spiro atoms. The van der Waals surface area contributed by atoms with Gasteiger partial charge in [0.15, 0.2) is 0 Å². The van der Waals surface area contributed by atoms with Crippen molar-refractivity contribution in [3.63, 3.8) is 0 Å². The summed E-state index contributed by atoms with van der Waals surface area (Å²) < 4.78 is 5.32. The van der Waals surface area contributed by atoms with Gasteiger partial charge in [0.1, 0.15) is 5.69 Å². The van der Waals surface area contributed by atoms with Crippen LogP contribution in [0.15, 0.2) is 39.7 Å². The number of nitrogens with two attached hydrogens (primary N) is 1. The van der Waals surface area contributed by atoms with Crippen LogP contribution < -0.4 is 5.73 Å². The number of hydrogen-bond acceptors (Lipinski definition) is 6. The molecule has 1 aromatic carbocycles. The first-order valence-corrected chi connectivity index (χ1v) is 6.83. The fourth-order valence-electron chi connectivity index (χ4n) is 1.86. The quantitative estimate of drug-likeness (QED) is 0.788. The van der Waals surface area contributed by atoms with Crippen molar-refractivity contribution in [2.24, 2.45) is 5.73 Å². The first kappa shape index (κ1) is 12.0. The maximum absolute atomic E-state index is 5.61. The lowest BCUT2D eigenvalue weighted by Crippen LogP contribution is -2.03. The molecule has 96 valence electrons. The van der Waals surface area contributed by atoms with Gasteiger partial charge in [0.2, 0.25) is 5.82 Å². The van der Waals surface area contributed by atoms with Crippen molar-refractivity contribution in [2.45, 2.75) is 6.42 Å². The molecule has 6 heteroatoms. The summed E-state index contributed by atoms with van der Waals surface area (Å²) in [7, 11) is 0. The number of thiazole rings is 1. The third kappa shape index (κ3) is 2.40. The molecule has 0 aliphatic rings. The van der Waals surface area contributed by atoms with Crippen LogP contribution in [0, 0.1) is 0 Å². The highest BCUT2D eigenvalue weighted by Gasteiger charge is 2.14. The van der Waals surface area contributed by atoms with Gasteiger partial charge in [0, 0.05) is 10.9 Å². The zero-order valence-electron chi connectivity index (χ0n) is 10.1. The molecule has 0 saturated carbocycles. The van der Waals surface area contributed by atoms with E-state index in [1.807, 2.05) is 29.6 Å². The van der Waals surface area contributed by atoms with E-state index in [2.05, 4.69) is 15.1 Å². The summed E-state index contributed by atoms with van der Waals surface area (Å²) in [4.78, 5) is 8.56. The van der Waals surface area contributed by atoms with Crippen LogP contribution in [0.4, 0.5) is 0 Å². The van der Waals surface area contributed by atoms with E-state index in [-0.39, 0.29) is 0 Å². The van der Waals surface area contributed by atoms with Crippen molar-refractivity contribution in [3.8, 4) is 23.0 Å². The highest BCUT2D eigenvalue weighted by Crippen LogP contribution is 2.25. The molecule has 19 heavy (non-hydrogen) atoms. The summed E-state index contributed by atoms with van der Waals surface area (Å²) in [5.41, 5.74) is 10.1. The van der Waals surface area contributed by atoms with Gasteiger partial charge >= 0.3 is 0 Å². The first-order chi connectivity index (χ1) is 9.38. The van der Waals surface area contributed by atoms with E-state index in [0.29, 0.717) is 18.3 Å². The van der Waals surface area contributed by atoms with Gasteiger partial charge in [-0.25, -0.2) is 4.98 Å². The van der Waals surface area contributed by atoms with E-state index in [1.54, 1.807) is 5.51 Å². The van der Waals surface area contributed by atoms with Gasteiger partial charge in [-0.05, 0) is 24.6 Å². The molecule has 0 bridgehead atoms. The Morgan fingerprint density at radius 1 is 1.26 bits per heavy atom. The minimum Gasteiger partial charge on any atom is -0.334 e. The summed E-state index contributed by atoms with van der Waals surface area (Å²) in [5, 5.41) is 5.85. The van der Waals surface area contributed by atoms with E-state index < -0.39 is 0 Å². The van der Waals surface area contributed by atoms with E-state index >= 15 is 0 Å². The maximum atomic E-state index is 5.61. The number of benzene rings is 1. The lowest BCUT2D eigenvalue weighted by atomic mass is 10.0. The Morgan fingerprint density at radius 2 is 2.16 bits per heavy atom. The normalized spacial score (nSPS) is 10.8. The van der Waals surface area contributed by atoms with Gasteiger partial charge in [-0.15, -0.1) is 11.3 Å². The average Bonchev–Trinajstić information content (AvgIpc) is 3.11. The van der Waals surface area contributed by atoms with Crippen molar-refractivity contribution in [3.05, 3.63) is 40.7 Å². The van der Waals surface area contributed by atoms with Crippen molar-refractivity contribution in [1.82, 2.24) is 15.1 Å². The van der Waals surface area contributed by atoms with Crippen LogP contribution >= 0.6 is 11.3 Å². The molecule has 0 atom stereocenters. The molecule has 0 amide bonds. The van der Waals surface area contributed by atoms with E-state index in [4.69, 9.17) is 10.3 Å². The summed E-state index contributed by atoms with van der Waals surface area (Å²) in [6, 6.07) is 7.91. The second-order valence-electron chi connectivity index (χ2n) is 3.99. The highest BCUT2D eigenvalue weighted by atomic mass is 32.1. The Morgan fingerprint density at radius 3 is 2.95 bits per heavy atom. The standard InChI is InChI=1S/C13H12N4OS/c14-6-5-9-3-1-2-4-10(9)13-16-12(17-18-13)11-7-19-8-15-11/h1-4,7-8H,5-6,14H2. The minimum absolute atomic E-state index is 0.507. The third-order valence-electron chi connectivity index (χ3n) is 2.75. The zero-order chi connectivity index (χ0) is 13.1. The molecule has 0 aliphatic carbocycles. The zero-order valence-corrected chi connectivity index (χ0v) is 10.9. The minimum atomic E-state index is 0.507. The van der Waals surface area contributed by atoms with Gasteiger partial charge in [-0.1, -0.05) is 23.4 Å². The lowest BCUT2D eigenvalue weighted by Gasteiger charge is -2.03. The van der Waals surface area contributed by atoms with Crippen LogP contribution in [0.5, 0.6) is 0 Å². The lowest BCUT2D eigenvalue weighted by molar-refractivity contribution is 0.432. The van der Waals surface area contributed by atoms with Gasteiger partial charge in [-0.3, -0.25) is 0 Å². The van der Waals surface area contributed by atoms with E-state index in [9.17, 15) is 0 Å². The summed E-state index contributed by atoms with van der Waals surface area (Å²) in [5.74, 6) is 1.02. The molecule has 5 nitrogen and oxygen atoms in total. The van der Waals surface area contributed by atoms with Gasteiger partial charge in [0.05, 0.1) is 5.51 Å². The van der Waals surface area contributed by atoms with Gasteiger partial charge in [0.25, 0.3) is 5.89 Å². The Hall–Kier alpha value is -2.05. The number of aromatic nitrogens is 3. The third-order valence-corrected chi connectivity index (χ3v) is 3.34. The molecule has 0 saturated heterocycles. The summed E-state index contributed by atoms with van der Waals surface area (Å²) >= 11 is 1.50. The molecule has 2 N–H and O–H groups in total. The SMILES string of the molecule is NCCc1ccccc1-c1nc(-c2cscn2)no1. The van der Waals surface area contributed by atoms with Crippen LogP contribution in [-0.2, 0) is 6.42 Å². The van der Waals surface area contributed by atoms with Crippen molar-refractivity contribution in [2.75, 3.05) is 6.54 Å². The Labute approximate surface area is 114 Å². The molecule has 0 fully saturated rings. The topological polar surface area (TPSA) is 77.8 Å².